The molecule has 0 bridgehead atoms. The molecule has 2 nitrogen and oxygen atoms in total. The monoisotopic (exact) mass is 164 g/mol. The van der Waals surface area contributed by atoms with Gasteiger partial charge in [0.05, 0.1) is 0 Å². The van der Waals surface area contributed by atoms with Crippen LogP contribution in [0.25, 0.3) is 0 Å². The Kier molecular flexibility index (Phi) is 3.77. The van der Waals surface area contributed by atoms with Gasteiger partial charge in [0.2, 0.25) is 0 Å². The van der Waals surface area contributed by atoms with Gasteiger partial charge in [0.25, 0.3) is 0 Å². The van der Waals surface area contributed by atoms with Crippen LogP contribution in [-0.2, 0) is 12.8 Å². The van der Waals surface area contributed by atoms with Gasteiger partial charge in [0, 0.05) is 0 Å². The Morgan fingerprint density at radius 3 is 1.58 bits per heavy atom. The lowest BCUT2D eigenvalue weighted by atomic mass is 10.0. The van der Waals surface area contributed by atoms with E-state index >= 15 is 0 Å². The van der Waals surface area contributed by atoms with E-state index in [0.29, 0.717) is 13.1 Å². The first-order valence-electron chi connectivity index (χ1n) is 4.35. The smallest absolute Gasteiger partial charge is 0.00366 e. The van der Waals surface area contributed by atoms with Crippen molar-refractivity contribution < 1.29 is 0 Å². The molecule has 0 saturated carbocycles. The first-order chi connectivity index (χ1) is 5.88. The maximum absolute atomic E-state index is 5.49. The van der Waals surface area contributed by atoms with Crippen LogP contribution in [0.2, 0.25) is 0 Å². The quantitative estimate of drug-likeness (QED) is 0.688. The highest BCUT2D eigenvalue weighted by atomic mass is 14.5. The molecule has 0 fully saturated rings. The Morgan fingerprint density at radius 2 is 1.25 bits per heavy atom. The molecular weight excluding hydrogens is 148 g/mol. The molecule has 0 spiro atoms. The van der Waals surface area contributed by atoms with E-state index in [1.54, 1.807) is 0 Å². The van der Waals surface area contributed by atoms with Gasteiger partial charge in [-0.25, -0.2) is 0 Å². The summed E-state index contributed by atoms with van der Waals surface area (Å²) < 4.78 is 0. The highest BCUT2D eigenvalue weighted by Crippen LogP contribution is 2.08. The summed E-state index contributed by atoms with van der Waals surface area (Å²) in [4.78, 5) is 0. The largest absolute Gasteiger partial charge is 0.330 e. The summed E-state index contributed by atoms with van der Waals surface area (Å²) in [7, 11) is 0. The first kappa shape index (κ1) is 9.23. The molecule has 0 aliphatic rings. The molecular formula is C10H16N2. The summed E-state index contributed by atoms with van der Waals surface area (Å²) in [5.74, 6) is 0. The molecule has 66 valence electrons. The molecule has 4 N–H and O–H groups in total. The molecule has 2 heteroatoms. The maximum Gasteiger partial charge on any atom is -0.00366 e. The maximum atomic E-state index is 5.49. The minimum absolute atomic E-state index is 0.710. The van der Waals surface area contributed by atoms with Crippen LogP contribution >= 0.6 is 0 Å². The van der Waals surface area contributed by atoms with E-state index in [1.165, 1.54) is 11.1 Å². The van der Waals surface area contributed by atoms with Crippen molar-refractivity contribution in [2.24, 2.45) is 11.5 Å². The van der Waals surface area contributed by atoms with Crippen molar-refractivity contribution in [1.82, 2.24) is 0 Å². The van der Waals surface area contributed by atoms with Crippen molar-refractivity contribution >= 4 is 0 Å². The van der Waals surface area contributed by atoms with Crippen LogP contribution in [0.3, 0.4) is 0 Å². The molecule has 0 heterocycles. The summed E-state index contributed by atoms with van der Waals surface area (Å²) in [6, 6.07) is 8.34. The zero-order chi connectivity index (χ0) is 8.81. The van der Waals surface area contributed by atoms with E-state index < -0.39 is 0 Å². The van der Waals surface area contributed by atoms with Gasteiger partial charge in [-0.05, 0) is 37.1 Å². The number of benzene rings is 1. The zero-order valence-electron chi connectivity index (χ0n) is 7.29. The minimum Gasteiger partial charge on any atom is -0.330 e. The van der Waals surface area contributed by atoms with Crippen LogP contribution in [0.15, 0.2) is 24.3 Å². The van der Waals surface area contributed by atoms with Crippen molar-refractivity contribution in [2.75, 3.05) is 13.1 Å². The predicted molar refractivity (Wildman–Crippen MR) is 52.0 cm³/mol. The van der Waals surface area contributed by atoms with Crippen LogP contribution in [-0.4, -0.2) is 13.1 Å². The molecule has 1 aromatic carbocycles. The third-order valence-corrected chi connectivity index (χ3v) is 1.95. The molecule has 1 aromatic rings. The Bertz CT molecular complexity index is 208. The number of hydrogen-bond donors (Lipinski definition) is 2. The summed E-state index contributed by atoms with van der Waals surface area (Å²) in [6.07, 6.45) is 1.91. The van der Waals surface area contributed by atoms with Crippen LogP contribution < -0.4 is 11.5 Å². The van der Waals surface area contributed by atoms with E-state index in [1.807, 2.05) is 12.1 Å². The molecule has 0 aliphatic carbocycles. The summed E-state index contributed by atoms with van der Waals surface area (Å²) in [5.41, 5.74) is 13.7. The SMILES string of the molecule is NCCc1ccccc1CCN. The van der Waals surface area contributed by atoms with Gasteiger partial charge in [-0.15, -0.1) is 0 Å². The van der Waals surface area contributed by atoms with E-state index in [4.69, 9.17) is 11.5 Å². The fourth-order valence-corrected chi connectivity index (χ4v) is 1.36. The third-order valence-electron chi connectivity index (χ3n) is 1.95. The van der Waals surface area contributed by atoms with E-state index in [9.17, 15) is 0 Å². The van der Waals surface area contributed by atoms with Gasteiger partial charge in [-0.1, -0.05) is 24.3 Å². The first-order valence-corrected chi connectivity index (χ1v) is 4.35. The number of nitrogens with two attached hydrogens (primary N) is 2. The second kappa shape index (κ2) is 4.91. The summed E-state index contributed by atoms with van der Waals surface area (Å²) in [6.45, 7) is 1.42. The topological polar surface area (TPSA) is 52.0 Å². The third kappa shape index (κ3) is 2.32. The normalized spacial score (nSPS) is 10.2. The van der Waals surface area contributed by atoms with E-state index in [-0.39, 0.29) is 0 Å². The van der Waals surface area contributed by atoms with Gasteiger partial charge in [-0.3, -0.25) is 0 Å². The standard InChI is InChI=1S/C10H16N2/c11-7-5-9-3-1-2-4-10(9)6-8-12/h1-4H,5-8,11-12H2. The number of rotatable bonds is 4. The van der Waals surface area contributed by atoms with Crippen molar-refractivity contribution in [3.05, 3.63) is 35.4 Å². The Labute approximate surface area is 73.6 Å². The van der Waals surface area contributed by atoms with Crippen LogP contribution in [0, 0.1) is 0 Å². The van der Waals surface area contributed by atoms with Crippen LogP contribution in [0.1, 0.15) is 11.1 Å². The average Bonchev–Trinajstić information content (AvgIpc) is 2.09. The molecule has 12 heavy (non-hydrogen) atoms. The van der Waals surface area contributed by atoms with Gasteiger partial charge in [0.15, 0.2) is 0 Å². The molecule has 0 unspecified atom stereocenters. The predicted octanol–water partition coefficient (Wildman–Crippen LogP) is 0.689. The molecule has 0 amide bonds. The minimum atomic E-state index is 0.710. The summed E-state index contributed by atoms with van der Waals surface area (Å²) >= 11 is 0. The fourth-order valence-electron chi connectivity index (χ4n) is 1.36. The highest BCUT2D eigenvalue weighted by Gasteiger charge is 1.98. The second-order valence-electron chi connectivity index (χ2n) is 2.85. The van der Waals surface area contributed by atoms with Gasteiger partial charge >= 0.3 is 0 Å². The van der Waals surface area contributed by atoms with Gasteiger partial charge < -0.3 is 11.5 Å². The van der Waals surface area contributed by atoms with Crippen LogP contribution in [0.4, 0.5) is 0 Å². The molecule has 0 radical (unpaired) electrons. The molecule has 0 saturated heterocycles. The molecule has 0 aliphatic heterocycles. The Hall–Kier alpha value is -0.860. The van der Waals surface area contributed by atoms with Crippen molar-refractivity contribution in [3.8, 4) is 0 Å². The van der Waals surface area contributed by atoms with Crippen molar-refractivity contribution in [1.29, 1.82) is 0 Å². The average molecular weight is 164 g/mol. The van der Waals surface area contributed by atoms with Crippen molar-refractivity contribution in [3.63, 3.8) is 0 Å². The van der Waals surface area contributed by atoms with Gasteiger partial charge in [0.1, 0.15) is 0 Å². The Morgan fingerprint density at radius 1 is 0.833 bits per heavy atom. The lowest BCUT2D eigenvalue weighted by Gasteiger charge is -2.06. The lowest BCUT2D eigenvalue weighted by Crippen LogP contribution is -2.08. The van der Waals surface area contributed by atoms with Crippen LogP contribution in [0.5, 0.6) is 0 Å². The van der Waals surface area contributed by atoms with Gasteiger partial charge in [-0.2, -0.15) is 0 Å². The lowest BCUT2D eigenvalue weighted by molar-refractivity contribution is 0.905. The van der Waals surface area contributed by atoms with Crippen molar-refractivity contribution in [2.45, 2.75) is 12.8 Å². The second-order valence-corrected chi connectivity index (χ2v) is 2.85. The highest BCUT2D eigenvalue weighted by molar-refractivity contribution is 5.27. The molecule has 0 aromatic heterocycles. The Balaban J connectivity index is 2.77. The number of hydrogen-bond acceptors (Lipinski definition) is 2. The van der Waals surface area contributed by atoms with E-state index in [0.717, 1.165) is 12.8 Å². The van der Waals surface area contributed by atoms with E-state index in [2.05, 4.69) is 12.1 Å². The zero-order valence-corrected chi connectivity index (χ0v) is 7.29. The summed E-state index contributed by atoms with van der Waals surface area (Å²) in [5, 5.41) is 0. The molecule has 1 rings (SSSR count). The molecule has 0 atom stereocenters. The fraction of sp³-hybridized carbons (Fsp3) is 0.400.